The molecule has 0 aliphatic carbocycles. The molecule has 4 nitrogen and oxygen atoms in total. The molecule has 0 aromatic heterocycles. The number of carboxylic acid groups (broad SMARTS) is 1. The number of rotatable bonds is 11. The zero-order chi connectivity index (χ0) is 17.3. The van der Waals surface area contributed by atoms with E-state index in [4.69, 9.17) is 4.74 Å². The second kappa shape index (κ2) is 9.86. The van der Waals surface area contributed by atoms with Gasteiger partial charge in [-0.2, -0.15) is 0 Å². The zero-order valence-electron chi connectivity index (χ0n) is 15.1. The fourth-order valence-electron chi connectivity index (χ4n) is 3.11. The van der Waals surface area contributed by atoms with Crippen LogP contribution in [0.1, 0.15) is 80.1 Å². The first kappa shape index (κ1) is 20.9. The van der Waals surface area contributed by atoms with Gasteiger partial charge in [-0.3, -0.25) is 9.59 Å². The van der Waals surface area contributed by atoms with Gasteiger partial charge in [-0.1, -0.05) is 60.8 Å². The van der Waals surface area contributed by atoms with E-state index < -0.39 is 17.4 Å². The second-order valence-electron chi connectivity index (χ2n) is 6.77. The van der Waals surface area contributed by atoms with E-state index in [9.17, 15) is 14.7 Å². The van der Waals surface area contributed by atoms with Gasteiger partial charge in [-0.15, -0.1) is 0 Å². The summed E-state index contributed by atoms with van der Waals surface area (Å²) in [4.78, 5) is 24.5. The molecule has 0 aromatic rings. The minimum Gasteiger partial charge on any atom is -0.480 e. The summed E-state index contributed by atoms with van der Waals surface area (Å²) in [6, 6.07) is 0. The maximum atomic E-state index is 12.6. The number of hydrogen-bond acceptors (Lipinski definition) is 3. The molecule has 22 heavy (non-hydrogen) atoms. The van der Waals surface area contributed by atoms with Gasteiger partial charge in [0.05, 0.1) is 0 Å². The molecular weight excluding hydrogens is 280 g/mol. The minimum atomic E-state index is -1.46. The predicted molar refractivity (Wildman–Crippen MR) is 88.7 cm³/mol. The van der Waals surface area contributed by atoms with Crippen LogP contribution < -0.4 is 0 Å². The van der Waals surface area contributed by atoms with E-state index in [1.54, 1.807) is 27.7 Å². The summed E-state index contributed by atoms with van der Waals surface area (Å²) in [7, 11) is 0. The minimum absolute atomic E-state index is 0.180. The number of hydrogen-bond donors (Lipinski definition) is 1. The molecule has 0 heterocycles. The van der Waals surface area contributed by atoms with Crippen LogP contribution in [-0.4, -0.2) is 23.1 Å². The standard InChI is InChI=1S/C18H34O4/c1-7-9-10-11-12-15(8-2)22-17(21)18(13(3)4,14(5)6)16(19)20/h13-15H,7-12H2,1-6H3,(H,19,20). The van der Waals surface area contributed by atoms with Gasteiger partial charge in [0, 0.05) is 0 Å². The smallest absolute Gasteiger partial charge is 0.324 e. The predicted octanol–water partition coefficient (Wildman–Crippen LogP) is 4.66. The van der Waals surface area contributed by atoms with Crippen LogP contribution in [0.5, 0.6) is 0 Å². The van der Waals surface area contributed by atoms with Gasteiger partial charge in [-0.25, -0.2) is 0 Å². The Kier molecular flexibility index (Phi) is 9.38. The average Bonchev–Trinajstić information content (AvgIpc) is 2.41. The van der Waals surface area contributed by atoms with Crippen molar-refractivity contribution in [2.75, 3.05) is 0 Å². The van der Waals surface area contributed by atoms with E-state index in [0.717, 1.165) is 25.7 Å². The number of unbranched alkanes of at least 4 members (excludes halogenated alkanes) is 3. The van der Waals surface area contributed by atoms with Crippen LogP contribution in [0.4, 0.5) is 0 Å². The lowest BCUT2D eigenvalue weighted by Gasteiger charge is -2.35. The molecule has 1 unspecified atom stereocenters. The number of esters is 1. The lowest BCUT2D eigenvalue weighted by molar-refractivity contribution is -0.181. The van der Waals surface area contributed by atoms with Crippen molar-refractivity contribution in [1.29, 1.82) is 0 Å². The summed E-state index contributed by atoms with van der Waals surface area (Å²) >= 11 is 0. The largest absolute Gasteiger partial charge is 0.480 e. The Balaban J connectivity index is 4.97. The van der Waals surface area contributed by atoms with E-state index in [-0.39, 0.29) is 17.9 Å². The van der Waals surface area contributed by atoms with Crippen LogP contribution in [0.2, 0.25) is 0 Å². The Bertz CT molecular complexity index is 339. The monoisotopic (exact) mass is 314 g/mol. The highest BCUT2D eigenvalue weighted by Crippen LogP contribution is 2.38. The lowest BCUT2D eigenvalue weighted by atomic mass is 9.69. The van der Waals surface area contributed by atoms with Gasteiger partial charge in [0.1, 0.15) is 6.10 Å². The van der Waals surface area contributed by atoms with E-state index in [1.807, 2.05) is 6.92 Å². The van der Waals surface area contributed by atoms with Gasteiger partial charge in [0.25, 0.3) is 0 Å². The molecule has 130 valence electrons. The molecule has 1 N–H and O–H groups in total. The Morgan fingerprint density at radius 2 is 1.55 bits per heavy atom. The van der Waals surface area contributed by atoms with Crippen molar-refractivity contribution in [3.05, 3.63) is 0 Å². The van der Waals surface area contributed by atoms with Crippen molar-refractivity contribution in [2.24, 2.45) is 17.3 Å². The summed E-state index contributed by atoms with van der Waals surface area (Å²) in [6.07, 6.45) is 5.85. The Hall–Kier alpha value is -1.06. The fraction of sp³-hybridized carbons (Fsp3) is 0.889. The molecule has 0 rings (SSSR count). The van der Waals surface area contributed by atoms with Crippen molar-refractivity contribution in [2.45, 2.75) is 86.2 Å². The van der Waals surface area contributed by atoms with Crippen LogP contribution in [-0.2, 0) is 14.3 Å². The molecular formula is C18H34O4. The molecule has 1 atom stereocenters. The number of ether oxygens (including phenoxy) is 1. The third-order valence-corrected chi connectivity index (χ3v) is 4.62. The maximum Gasteiger partial charge on any atom is 0.324 e. The van der Waals surface area contributed by atoms with Crippen molar-refractivity contribution in [1.82, 2.24) is 0 Å². The first-order valence-corrected chi connectivity index (χ1v) is 8.69. The molecule has 0 saturated heterocycles. The summed E-state index contributed by atoms with van der Waals surface area (Å²) in [5.74, 6) is -2.28. The van der Waals surface area contributed by atoms with Crippen molar-refractivity contribution in [3.63, 3.8) is 0 Å². The summed E-state index contributed by atoms with van der Waals surface area (Å²) in [6.45, 7) is 11.2. The van der Waals surface area contributed by atoms with Crippen LogP contribution in [0.15, 0.2) is 0 Å². The topological polar surface area (TPSA) is 63.6 Å². The highest BCUT2D eigenvalue weighted by molar-refractivity contribution is 5.99. The molecule has 0 aromatic carbocycles. The quantitative estimate of drug-likeness (QED) is 0.342. The molecule has 0 aliphatic heterocycles. The van der Waals surface area contributed by atoms with E-state index >= 15 is 0 Å². The number of carboxylic acids is 1. The van der Waals surface area contributed by atoms with Crippen molar-refractivity contribution in [3.8, 4) is 0 Å². The number of carbonyl (C=O) groups is 2. The Morgan fingerprint density at radius 1 is 1.00 bits per heavy atom. The maximum absolute atomic E-state index is 12.6. The van der Waals surface area contributed by atoms with Crippen molar-refractivity contribution < 1.29 is 19.4 Å². The molecule has 0 aliphatic rings. The van der Waals surface area contributed by atoms with Gasteiger partial charge < -0.3 is 9.84 Å². The van der Waals surface area contributed by atoms with Gasteiger partial charge in [0.2, 0.25) is 0 Å². The Morgan fingerprint density at radius 3 is 1.91 bits per heavy atom. The van der Waals surface area contributed by atoms with Crippen LogP contribution in [0.25, 0.3) is 0 Å². The first-order chi connectivity index (χ1) is 10.2. The molecule has 0 radical (unpaired) electrons. The van der Waals surface area contributed by atoms with Gasteiger partial charge in [-0.05, 0) is 31.1 Å². The van der Waals surface area contributed by atoms with Crippen LogP contribution in [0.3, 0.4) is 0 Å². The first-order valence-electron chi connectivity index (χ1n) is 8.69. The molecule has 0 fully saturated rings. The third kappa shape index (κ3) is 4.99. The van der Waals surface area contributed by atoms with E-state index in [1.165, 1.54) is 12.8 Å². The van der Waals surface area contributed by atoms with Crippen LogP contribution in [0, 0.1) is 17.3 Å². The summed E-state index contributed by atoms with van der Waals surface area (Å²) in [5.41, 5.74) is -1.46. The normalized spacial score (nSPS) is 13.5. The molecule has 4 heteroatoms. The number of carbonyl (C=O) groups excluding carboxylic acids is 1. The summed E-state index contributed by atoms with van der Waals surface area (Å²) in [5, 5.41) is 9.67. The fourth-order valence-corrected chi connectivity index (χ4v) is 3.11. The number of aliphatic carboxylic acids is 1. The second-order valence-corrected chi connectivity index (χ2v) is 6.77. The van der Waals surface area contributed by atoms with E-state index in [0.29, 0.717) is 0 Å². The van der Waals surface area contributed by atoms with Crippen molar-refractivity contribution >= 4 is 11.9 Å². The lowest BCUT2D eigenvalue weighted by Crippen LogP contribution is -2.50. The molecule has 0 amide bonds. The Labute approximate surface area is 135 Å². The highest BCUT2D eigenvalue weighted by atomic mass is 16.5. The average molecular weight is 314 g/mol. The van der Waals surface area contributed by atoms with Gasteiger partial charge in [0.15, 0.2) is 5.41 Å². The molecule has 0 bridgehead atoms. The van der Waals surface area contributed by atoms with E-state index in [2.05, 4.69) is 6.92 Å². The zero-order valence-corrected chi connectivity index (χ0v) is 15.1. The third-order valence-electron chi connectivity index (χ3n) is 4.62. The molecule has 0 saturated carbocycles. The highest BCUT2D eigenvalue weighted by Gasteiger charge is 2.53. The SMILES string of the molecule is CCCCCCC(CC)OC(=O)C(C(=O)O)(C(C)C)C(C)C. The van der Waals surface area contributed by atoms with Gasteiger partial charge >= 0.3 is 11.9 Å². The van der Waals surface area contributed by atoms with Crippen LogP contribution >= 0.6 is 0 Å². The summed E-state index contributed by atoms with van der Waals surface area (Å²) < 4.78 is 5.61. The molecule has 0 spiro atoms.